The van der Waals surface area contributed by atoms with Gasteiger partial charge in [0.25, 0.3) is 12.3 Å². The van der Waals surface area contributed by atoms with Crippen LogP contribution in [0.3, 0.4) is 0 Å². The Morgan fingerprint density at radius 2 is 1.77 bits per heavy atom. The van der Waals surface area contributed by atoms with Crippen molar-refractivity contribution in [3.8, 4) is 28.3 Å². The summed E-state index contributed by atoms with van der Waals surface area (Å²) in [4.78, 5) is 31.8. The molecule has 0 radical (unpaired) electrons. The Balaban J connectivity index is 1.61. The normalized spacial score (nSPS) is 16.4. The van der Waals surface area contributed by atoms with Crippen molar-refractivity contribution in [1.82, 2.24) is 9.88 Å². The molecule has 2 amide bonds. The van der Waals surface area contributed by atoms with Crippen LogP contribution in [0.15, 0.2) is 60.7 Å². The van der Waals surface area contributed by atoms with Crippen molar-refractivity contribution in [3.63, 3.8) is 0 Å². The number of ether oxygens (including phenoxy) is 1. The average molecular weight is 535 g/mol. The summed E-state index contributed by atoms with van der Waals surface area (Å²) in [6, 6.07) is 18.6. The van der Waals surface area contributed by atoms with Crippen molar-refractivity contribution in [2.75, 3.05) is 18.1 Å². The van der Waals surface area contributed by atoms with E-state index in [9.17, 15) is 23.5 Å². The number of alkyl halides is 2. The molecule has 0 bridgehead atoms. The van der Waals surface area contributed by atoms with Crippen LogP contribution in [0.2, 0.25) is 0 Å². The number of aromatic nitrogens is 1. The number of amides is 2. The molecule has 0 N–H and O–H groups in total. The molecule has 0 saturated heterocycles. The molecule has 5 rings (SSSR count). The van der Waals surface area contributed by atoms with Crippen LogP contribution in [0.25, 0.3) is 22.4 Å². The van der Waals surface area contributed by atoms with Crippen molar-refractivity contribution in [1.29, 1.82) is 0 Å². The van der Waals surface area contributed by atoms with Crippen LogP contribution in [0, 0.1) is 0 Å². The number of carbonyl (C=O) groups excluding carboxylic acids is 2. The fraction of sp³-hybridized carbons (Fsp3) is 0.367. The number of hydrogen-bond acceptors (Lipinski definition) is 5. The van der Waals surface area contributed by atoms with Gasteiger partial charge in [-0.15, -0.1) is 0 Å². The zero-order chi connectivity index (χ0) is 27.9. The van der Waals surface area contributed by atoms with Gasteiger partial charge < -0.3 is 19.5 Å². The first-order chi connectivity index (χ1) is 18.5. The maximum absolute atomic E-state index is 13.3. The summed E-state index contributed by atoms with van der Waals surface area (Å²) >= 11 is 0. The first-order valence-electron chi connectivity index (χ1n) is 13.0. The van der Waals surface area contributed by atoms with Crippen LogP contribution < -0.4 is 14.7 Å². The summed E-state index contributed by atoms with van der Waals surface area (Å²) < 4.78 is 32.2. The third-order valence-electron chi connectivity index (χ3n) is 7.46. The van der Waals surface area contributed by atoms with Gasteiger partial charge in [-0.1, -0.05) is 54.6 Å². The van der Waals surface area contributed by atoms with E-state index in [4.69, 9.17) is 9.72 Å². The topological polar surface area (TPSA) is 85.8 Å². The second-order valence-corrected chi connectivity index (χ2v) is 11.0. The number of rotatable bonds is 6. The fourth-order valence-electron chi connectivity index (χ4n) is 5.71. The SMILES string of the molecule is CC(C)(C)N(C(=O)[O-])C1(c2ccc(-c3nc4c(cc3-c3ccccc3)N(CC(F)F)C(=O)CO4)cc2)CCC1. The predicted octanol–water partition coefficient (Wildman–Crippen LogP) is 5.23. The van der Waals surface area contributed by atoms with Crippen LogP contribution in [0.4, 0.5) is 19.3 Å². The highest BCUT2D eigenvalue weighted by Gasteiger charge is 2.48. The Morgan fingerprint density at radius 1 is 1.10 bits per heavy atom. The maximum Gasteiger partial charge on any atom is 0.265 e. The molecular formula is C30H30F2N3O4-. The molecular weight excluding hydrogens is 504 g/mol. The van der Waals surface area contributed by atoms with Crippen LogP contribution in [0.1, 0.15) is 45.6 Å². The third-order valence-corrected chi connectivity index (χ3v) is 7.46. The number of fused-ring (bicyclic) bond motifs is 1. The number of halogens is 2. The second-order valence-electron chi connectivity index (χ2n) is 11.0. The number of carboxylic acid groups (broad SMARTS) is 1. The van der Waals surface area contributed by atoms with Gasteiger partial charge in [0, 0.05) is 16.7 Å². The van der Waals surface area contributed by atoms with Crippen molar-refractivity contribution in [2.24, 2.45) is 0 Å². The molecule has 0 unspecified atom stereocenters. The Bertz CT molecular complexity index is 1380. The minimum atomic E-state index is -2.71. The van der Waals surface area contributed by atoms with E-state index < -0.39 is 36.0 Å². The van der Waals surface area contributed by atoms with Gasteiger partial charge in [0.05, 0.1) is 17.8 Å². The number of anilines is 1. The molecule has 9 heteroatoms. The van der Waals surface area contributed by atoms with Crippen LogP contribution in [-0.4, -0.2) is 47.0 Å². The molecule has 0 atom stereocenters. The molecule has 0 spiro atoms. The minimum absolute atomic E-state index is 0.111. The Morgan fingerprint density at radius 3 is 2.31 bits per heavy atom. The summed E-state index contributed by atoms with van der Waals surface area (Å²) in [6.07, 6.45) is -1.59. The zero-order valence-electron chi connectivity index (χ0n) is 22.1. The summed E-state index contributed by atoms with van der Waals surface area (Å²) in [7, 11) is 0. The smallest absolute Gasteiger partial charge is 0.265 e. The van der Waals surface area contributed by atoms with E-state index in [1.165, 1.54) is 4.90 Å². The monoisotopic (exact) mass is 534 g/mol. The van der Waals surface area contributed by atoms with Crippen molar-refractivity contribution in [3.05, 3.63) is 66.2 Å². The quantitative estimate of drug-likeness (QED) is 0.432. The number of nitrogens with zero attached hydrogens (tertiary/aromatic N) is 3. The summed E-state index contributed by atoms with van der Waals surface area (Å²) in [5.74, 6) is -0.442. The van der Waals surface area contributed by atoms with E-state index in [-0.39, 0.29) is 18.2 Å². The molecule has 1 aliphatic heterocycles. The van der Waals surface area contributed by atoms with Crippen LogP contribution in [0.5, 0.6) is 5.88 Å². The summed E-state index contributed by atoms with van der Waals surface area (Å²) in [6.45, 7) is 4.47. The average Bonchev–Trinajstić information content (AvgIpc) is 2.86. The van der Waals surface area contributed by atoms with Gasteiger partial charge in [-0.25, -0.2) is 13.8 Å². The number of carbonyl (C=O) groups is 2. The van der Waals surface area contributed by atoms with E-state index in [1.54, 1.807) is 6.07 Å². The molecule has 39 heavy (non-hydrogen) atoms. The van der Waals surface area contributed by atoms with Crippen molar-refractivity contribution in [2.45, 2.75) is 57.5 Å². The Kier molecular flexibility index (Phi) is 6.78. The second kappa shape index (κ2) is 9.94. The zero-order valence-corrected chi connectivity index (χ0v) is 22.1. The molecule has 204 valence electrons. The van der Waals surface area contributed by atoms with Crippen molar-refractivity contribution < 1.29 is 28.2 Å². The fourth-order valence-corrected chi connectivity index (χ4v) is 5.71. The first-order valence-corrected chi connectivity index (χ1v) is 13.0. The van der Waals surface area contributed by atoms with E-state index in [2.05, 4.69) is 0 Å². The molecule has 7 nitrogen and oxygen atoms in total. The first kappa shape index (κ1) is 26.6. The Labute approximate surface area is 226 Å². The predicted molar refractivity (Wildman–Crippen MR) is 141 cm³/mol. The van der Waals surface area contributed by atoms with Gasteiger partial charge >= 0.3 is 0 Å². The number of benzene rings is 2. The Hall–Kier alpha value is -4.01. The van der Waals surface area contributed by atoms with E-state index in [0.29, 0.717) is 24.1 Å². The number of hydrogen-bond donors (Lipinski definition) is 0. The molecule has 1 aliphatic carbocycles. The highest BCUT2D eigenvalue weighted by molar-refractivity contribution is 5.99. The van der Waals surface area contributed by atoms with E-state index in [0.717, 1.165) is 28.0 Å². The molecule has 2 heterocycles. The molecule has 1 saturated carbocycles. The lowest BCUT2D eigenvalue weighted by molar-refractivity contribution is -0.282. The lowest BCUT2D eigenvalue weighted by Gasteiger charge is -2.57. The van der Waals surface area contributed by atoms with Crippen LogP contribution in [-0.2, 0) is 10.3 Å². The third kappa shape index (κ3) is 4.82. The molecule has 1 aromatic heterocycles. The van der Waals surface area contributed by atoms with Gasteiger partial charge in [0.1, 0.15) is 11.8 Å². The highest BCUT2D eigenvalue weighted by atomic mass is 19.3. The standard InChI is InChI=1S/C30H31F2N3O4/c1-29(2,3)35(28(37)38)30(14-7-15-30)21-12-10-20(11-13-21)26-22(19-8-5-4-6-9-19)16-23-27(33-26)39-18-25(36)34(23)17-24(31)32/h4-6,8-13,16,24H,7,14-15,17-18H2,1-3H3,(H,37,38)/p-1. The van der Waals surface area contributed by atoms with Gasteiger partial charge in [-0.2, -0.15) is 0 Å². The van der Waals surface area contributed by atoms with Crippen molar-refractivity contribution >= 4 is 17.7 Å². The molecule has 2 aromatic carbocycles. The minimum Gasteiger partial charge on any atom is -0.530 e. The van der Waals surface area contributed by atoms with Gasteiger partial charge in [-0.3, -0.25) is 9.69 Å². The maximum atomic E-state index is 13.3. The van der Waals surface area contributed by atoms with E-state index >= 15 is 0 Å². The van der Waals surface area contributed by atoms with Crippen LogP contribution >= 0.6 is 0 Å². The summed E-state index contributed by atoms with van der Waals surface area (Å²) in [5.41, 5.74) is 2.53. The molecule has 1 fully saturated rings. The molecule has 2 aliphatic rings. The summed E-state index contributed by atoms with van der Waals surface area (Å²) in [5, 5.41) is 12.2. The largest absolute Gasteiger partial charge is 0.530 e. The molecule has 3 aromatic rings. The van der Waals surface area contributed by atoms with E-state index in [1.807, 2.05) is 75.4 Å². The lowest BCUT2D eigenvalue weighted by atomic mass is 9.69. The highest BCUT2D eigenvalue weighted by Crippen LogP contribution is 2.50. The van der Waals surface area contributed by atoms with Gasteiger partial charge in [0.15, 0.2) is 6.61 Å². The number of pyridine rings is 1. The van der Waals surface area contributed by atoms with Gasteiger partial charge in [0.2, 0.25) is 5.88 Å². The van der Waals surface area contributed by atoms with Gasteiger partial charge in [-0.05, 0) is 57.2 Å². The lowest BCUT2D eigenvalue weighted by Crippen LogP contribution is -2.64.